The fourth-order valence-corrected chi connectivity index (χ4v) is 2.96. The number of fused-ring (bicyclic) bond motifs is 1. The van der Waals surface area contributed by atoms with Crippen LogP contribution < -0.4 is 5.73 Å². The number of anilines is 1. The quantitative estimate of drug-likeness (QED) is 0.796. The SMILES string of the molecule is Nc1ncc2c(n1)CCN(Cc1cnc(-c3ccccc3)nc1)C2. The Balaban J connectivity index is 1.45. The topological polar surface area (TPSA) is 80.8 Å². The summed E-state index contributed by atoms with van der Waals surface area (Å²) in [5.41, 5.74) is 10.0. The van der Waals surface area contributed by atoms with E-state index in [4.69, 9.17) is 5.73 Å². The van der Waals surface area contributed by atoms with E-state index in [1.807, 2.05) is 48.9 Å². The number of nitrogen functional groups attached to an aromatic ring is 1. The molecule has 3 heterocycles. The van der Waals surface area contributed by atoms with Gasteiger partial charge in [-0.15, -0.1) is 0 Å². The van der Waals surface area contributed by atoms with E-state index in [1.54, 1.807) is 0 Å². The minimum atomic E-state index is 0.354. The van der Waals surface area contributed by atoms with E-state index in [0.717, 1.165) is 54.3 Å². The molecule has 1 aromatic carbocycles. The second kappa shape index (κ2) is 6.33. The van der Waals surface area contributed by atoms with Crippen LogP contribution in [0.4, 0.5) is 5.95 Å². The summed E-state index contributed by atoms with van der Waals surface area (Å²) in [6.45, 7) is 2.60. The van der Waals surface area contributed by atoms with Crippen molar-refractivity contribution in [1.82, 2.24) is 24.8 Å². The van der Waals surface area contributed by atoms with Gasteiger partial charge in [-0.2, -0.15) is 0 Å². The first-order chi connectivity index (χ1) is 11.8. The molecule has 4 rings (SSSR count). The normalized spacial score (nSPS) is 14.3. The van der Waals surface area contributed by atoms with E-state index in [0.29, 0.717) is 5.95 Å². The Kier molecular flexibility index (Phi) is 3.88. The van der Waals surface area contributed by atoms with Crippen molar-refractivity contribution in [1.29, 1.82) is 0 Å². The summed E-state index contributed by atoms with van der Waals surface area (Å²) in [6.07, 6.45) is 6.54. The van der Waals surface area contributed by atoms with Gasteiger partial charge < -0.3 is 5.73 Å². The van der Waals surface area contributed by atoms with Gasteiger partial charge in [-0.05, 0) is 0 Å². The fourth-order valence-electron chi connectivity index (χ4n) is 2.96. The van der Waals surface area contributed by atoms with Crippen LogP contribution in [0.25, 0.3) is 11.4 Å². The van der Waals surface area contributed by atoms with Crippen molar-refractivity contribution in [2.24, 2.45) is 0 Å². The summed E-state index contributed by atoms with van der Waals surface area (Å²) in [4.78, 5) is 19.7. The van der Waals surface area contributed by atoms with Crippen LogP contribution in [-0.2, 0) is 19.5 Å². The number of nitrogens with two attached hydrogens (primary N) is 1. The summed E-state index contributed by atoms with van der Waals surface area (Å²) >= 11 is 0. The Morgan fingerprint density at radius 3 is 2.58 bits per heavy atom. The molecule has 6 heteroatoms. The maximum atomic E-state index is 5.65. The number of rotatable bonds is 3. The zero-order chi connectivity index (χ0) is 16.4. The van der Waals surface area contributed by atoms with Gasteiger partial charge in [0.05, 0.1) is 5.69 Å². The summed E-state index contributed by atoms with van der Waals surface area (Å²) in [5, 5.41) is 0. The third-order valence-corrected chi connectivity index (χ3v) is 4.18. The van der Waals surface area contributed by atoms with Crippen molar-refractivity contribution in [2.45, 2.75) is 19.5 Å². The predicted molar refractivity (Wildman–Crippen MR) is 91.7 cm³/mol. The van der Waals surface area contributed by atoms with Gasteiger partial charge in [0.25, 0.3) is 0 Å². The summed E-state index contributed by atoms with van der Waals surface area (Å²) < 4.78 is 0. The van der Waals surface area contributed by atoms with Crippen molar-refractivity contribution < 1.29 is 0 Å². The third-order valence-electron chi connectivity index (χ3n) is 4.18. The van der Waals surface area contributed by atoms with E-state index in [9.17, 15) is 0 Å². The lowest BCUT2D eigenvalue weighted by molar-refractivity contribution is 0.242. The second-order valence-electron chi connectivity index (χ2n) is 5.94. The number of hydrogen-bond acceptors (Lipinski definition) is 6. The molecule has 2 N–H and O–H groups in total. The molecule has 0 bridgehead atoms. The van der Waals surface area contributed by atoms with E-state index < -0.39 is 0 Å². The zero-order valence-corrected chi connectivity index (χ0v) is 13.3. The lowest BCUT2D eigenvalue weighted by Gasteiger charge is -2.27. The van der Waals surface area contributed by atoms with Crippen molar-refractivity contribution in [3.63, 3.8) is 0 Å². The molecule has 0 saturated carbocycles. The minimum Gasteiger partial charge on any atom is -0.368 e. The Bertz CT molecular complexity index is 832. The minimum absolute atomic E-state index is 0.354. The number of benzene rings is 1. The van der Waals surface area contributed by atoms with Crippen LogP contribution in [0.5, 0.6) is 0 Å². The Labute approximate surface area is 140 Å². The lowest BCUT2D eigenvalue weighted by atomic mass is 10.1. The number of aromatic nitrogens is 4. The van der Waals surface area contributed by atoms with E-state index in [2.05, 4.69) is 24.8 Å². The average molecular weight is 318 g/mol. The molecule has 6 nitrogen and oxygen atoms in total. The first kappa shape index (κ1) is 14.7. The van der Waals surface area contributed by atoms with Gasteiger partial charge in [0.1, 0.15) is 0 Å². The average Bonchev–Trinajstić information content (AvgIpc) is 2.63. The van der Waals surface area contributed by atoms with Crippen LogP contribution in [0.3, 0.4) is 0 Å². The van der Waals surface area contributed by atoms with Crippen LogP contribution >= 0.6 is 0 Å². The van der Waals surface area contributed by atoms with Gasteiger partial charge in [-0.25, -0.2) is 19.9 Å². The van der Waals surface area contributed by atoms with Crippen LogP contribution in [0.1, 0.15) is 16.8 Å². The molecule has 1 aliphatic heterocycles. The molecule has 3 aromatic rings. The molecule has 0 unspecified atom stereocenters. The molecule has 0 spiro atoms. The summed E-state index contributed by atoms with van der Waals surface area (Å²) in [5.74, 6) is 1.11. The fraction of sp³-hybridized carbons (Fsp3) is 0.222. The Hall–Kier alpha value is -2.86. The predicted octanol–water partition coefficient (Wildman–Crippen LogP) is 2.07. The smallest absolute Gasteiger partial charge is 0.220 e. The Morgan fingerprint density at radius 1 is 1.00 bits per heavy atom. The molecular formula is C18H18N6. The highest BCUT2D eigenvalue weighted by Crippen LogP contribution is 2.19. The zero-order valence-electron chi connectivity index (χ0n) is 13.3. The molecule has 1 aliphatic rings. The number of nitrogens with zero attached hydrogens (tertiary/aromatic N) is 5. The van der Waals surface area contributed by atoms with Crippen LogP contribution in [0, 0.1) is 0 Å². The Morgan fingerprint density at radius 2 is 1.79 bits per heavy atom. The highest BCUT2D eigenvalue weighted by molar-refractivity contribution is 5.53. The summed E-state index contributed by atoms with van der Waals surface area (Å²) in [6, 6.07) is 10.0. The van der Waals surface area contributed by atoms with Crippen LogP contribution in [-0.4, -0.2) is 31.4 Å². The molecule has 0 fully saturated rings. The first-order valence-electron chi connectivity index (χ1n) is 7.97. The first-order valence-corrected chi connectivity index (χ1v) is 7.97. The second-order valence-corrected chi connectivity index (χ2v) is 5.94. The van der Waals surface area contributed by atoms with E-state index in [1.165, 1.54) is 0 Å². The molecule has 0 amide bonds. The molecule has 120 valence electrons. The largest absolute Gasteiger partial charge is 0.368 e. The molecule has 2 aromatic heterocycles. The molecule has 0 radical (unpaired) electrons. The van der Waals surface area contributed by atoms with Crippen molar-refractivity contribution in [3.8, 4) is 11.4 Å². The standard InChI is InChI=1S/C18H18N6/c19-18-22-10-15-12-24(7-6-16(15)23-18)11-13-8-20-17(21-9-13)14-4-2-1-3-5-14/h1-5,8-10H,6-7,11-12H2,(H2,19,22,23). The number of hydrogen-bond donors (Lipinski definition) is 1. The van der Waals surface area contributed by atoms with Gasteiger partial charge in [0, 0.05) is 61.3 Å². The van der Waals surface area contributed by atoms with Crippen molar-refractivity contribution in [3.05, 3.63) is 65.7 Å². The van der Waals surface area contributed by atoms with Gasteiger partial charge in [-0.1, -0.05) is 30.3 Å². The van der Waals surface area contributed by atoms with E-state index in [-0.39, 0.29) is 0 Å². The monoisotopic (exact) mass is 318 g/mol. The maximum Gasteiger partial charge on any atom is 0.220 e. The van der Waals surface area contributed by atoms with Crippen LogP contribution in [0.2, 0.25) is 0 Å². The molecular weight excluding hydrogens is 300 g/mol. The van der Waals surface area contributed by atoms with Gasteiger partial charge >= 0.3 is 0 Å². The van der Waals surface area contributed by atoms with Gasteiger partial charge in [0.15, 0.2) is 5.82 Å². The molecule has 0 atom stereocenters. The van der Waals surface area contributed by atoms with E-state index >= 15 is 0 Å². The van der Waals surface area contributed by atoms with Gasteiger partial charge in [-0.3, -0.25) is 4.90 Å². The maximum absolute atomic E-state index is 5.65. The molecule has 0 saturated heterocycles. The van der Waals surface area contributed by atoms with Crippen molar-refractivity contribution in [2.75, 3.05) is 12.3 Å². The molecule has 24 heavy (non-hydrogen) atoms. The summed E-state index contributed by atoms with van der Waals surface area (Å²) in [7, 11) is 0. The van der Waals surface area contributed by atoms with Gasteiger partial charge in [0.2, 0.25) is 5.95 Å². The van der Waals surface area contributed by atoms with Crippen LogP contribution in [0.15, 0.2) is 48.9 Å². The molecule has 0 aliphatic carbocycles. The highest BCUT2D eigenvalue weighted by atomic mass is 15.1. The highest BCUT2D eigenvalue weighted by Gasteiger charge is 2.18. The van der Waals surface area contributed by atoms with Crippen molar-refractivity contribution >= 4 is 5.95 Å². The lowest BCUT2D eigenvalue weighted by Crippen LogP contribution is -2.31. The third kappa shape index (κ3) is 3.09.